The largest absolute Gasteiger partial charge is 0.357 e. The monoisotopic (exact) mass is 341 g/mol. The molecule has 1 aromatic heterocycles. The molecule has 0 radical (unpaired) electrons. The minimum atomic E-state index is 0.437. The molecule has 2 rings (SSSR count). The van der Waals surface area contributed by atoms with Crippen molar-refractivity contribution < 1.29 is 0 Å². The van der Waals surface area contributed by atoms with E-state index < -0.39 is 0 Å². The van der Waals surface area contributed by atoms with Gasteiger partial charge in [0.15, 0.2) is 0 Å². The molecule has 0 fully saturated rings. The van der Waals surface area contributed by atoms with Gasteiger partial charge in [-0.05, 0) is 24.1 Å². The molecule has 0 aliphatic carbocycles. The maximum absolute atomic E-state index is 8.43. The minimum Gasteiger partial charge on any atom is -0.357 e. The first-order chi connectivity index (χ1) is 12.2. The Balaban J connectivity index is 2.03. The van der Waals surface area contributed by atoms with Crippen molar-refractivity contribution in [2.75, 3.05) is 29.5 Å². The SMILES string of the molecule is CCCCCCNc1nc(NC)nc(Nc2ccc(N=[N+]=[N-])cc2)n1. The summed E-state index contributed by atoms with van der Waals surface area (Å²) in [6.45, 7) is 3.02. The lowest BCUT2D eigenvalue weighted by Crippen LogP contribution is -2.10. The molecule has 0 saturated heterocycles. The molecule has 0 spiro atoms. The van der Waals surface area contributed by atoms with E-state index in [1.54, 1.807) is 31.3 Å². The molecule has 0 saturated carbocycles. The van der Waals surface area contributed by atoms with Crippen molar-refractivity contribution in [2.45, 2.75) is 32.6 Å². The highest BCUT2D eigenvalue weighted by molar-refractivity contribution is 5.58. The summed E-state index contributed by atoms with van der Waals surface area (Å²) in [7, 11) is 1.76. The summed E-state index contributed by atoms with van der Waals surface area (Å²) in [4.78, 5) is 15.8. The van der Waals surface area contributed by atoms with Crippen LogP contribution in [0, 0.1) is 0 Å². The zero-order valence-electron chi connectivity index (χ0n) is 14.5. The summed E-state index contributed by atoms with van der Waals surface area (Å²) in [5.41, 5.74) is 9.77. The zero-order chi connectivity index (χ0) is 17.9. The van der Waals surface area contributed by atoms with E-state index in [-0.39, 0.29) is 0 Å². The average molecular weight is 341 g/mol. The van der Waals surface area contributed by atoms with Crippen molar-refractivity contribution in [2.24, 2.45) is 5.11 Å². The second kappa shape index (κ2) is 9.94. The van der Waals surface area contributed by atoms with E-state index in [2.05, 4.69) is 47.9 Å². The van der Waals surface area contributed by atoms with E-state index in [0.29, 0.717) is 23.5 Å². The maximum atomic E-state index is 8.43. The van der Waals surface area contributed by atoms with Crippen LogP contribution in [-0.2, 0) is 0 Å². The summed E-state index contributed by atoms with van der Waals surface area (Å²) < 4.78 is 0. The predicted octanol–water partition coefficient (Wildman–Crippen LogP) is 4.59. The van der Waals surface area contributed by atoms with Gasteiger partial charge in [0.2, 0.25) is 17.8 Å². The van der Waals surface area contributed by atoms with Gasteiger partial charge in [-0.1, -0.05) is 43.4 Å². The van der Waals surface area contributed by atoms with Crippen molar-refractivity contribution in [3.8, 4) is 0 Å². The molecule has 9 heteroatoms. The van der Waals surface area contributed by atoms with Gasteiger partial charge in [0.25, 0.3) is 0 Å². The molecular weight excluding hydrogens is 318 g/mol. The van der Waals surface area contributed by atoms with Crippen molar-refractivity contribution in [3.05, 3.63) is 34.7 Å². The Morgan fingerprint density at radius 1 is 1.00 bits per heavy atom. The first kappa shape index (κ1) is 18.3. The lowest BCUT2D eigenvalue weighted by atomic mass is 10.2. The van der Waals surface area contributed by atoms with Crippen molar-refractivity contribution >= 4 is 29.2 Å². The van der Waals surface area contributed by atoms with Crippen molar-refractivity contribution in [3.63, 3.8) is 0 Å². The van der Waals surface area contributed by atoms with Crippen LogP contribution in [0.3, 0.4) is 0 Å². The van der Waals surface area contributed by atoms with Crippen molar-refractivity contribution in [1.82, 2.24) is 15.0 Å². The Morgan fingerprint density at radius 3 is 2.40 bits per heavy atom. The molecular formula is C16H23N9. The zero-order valence-corrected chi connectivity index (χ0v) is 14.5. The fourth-order valence-electron chi connectivity index (χ4n) is 2.17. The van der Waals surface area contributed by atoms with Crippen LogP contribution in [-0.4, -0.2) is 28.5 Å². The quantitative estimate of drug-likeness (QED) is 0.251. The number of aromatic nitrogens is 3. The lowest BCUT2D eigenvalue weighted by molar-refractivity contribution is 0.683. The average Bonchev–Trinajstić information content (AvgIpc) is 2.63. The number of azide groups is 1. The Bertz CT molecular complexity index is 708. The van der Waals surface area contributed by atoms with E-state index in [4.69, 9.17) is 5.53 Å². The molecule has 25 heavy (non-hydrogen) atoms. The molecule has 0 aliphatic heterocycles. The van der Waals surface area contributed by atoms with Crippen LogP contribution in [0.1, 0.15) is 32.6 Å². The molecule has 1 heterocycles. The number of unbranched alkanes of at least 4 members (excludes halogenated alkanes) is 3. The van der Waals surface area contributed by atoms with E-state index in [9.17, 15) is 0 Å². The first-order valence-corrected chi connectivity index (χ1v) is 8.35. The van der Waals surface area contributed by atoms with E-state index in [1.807, 2.05) is 0 Å². The summed E-state index contributed by atoms with van der Waals surface area (Å²) in [6.07, 6.45) is 4.72. The summed E-state index contributed by atoms with van der Waals surface area (Å²) in [6, 6.07) is 7.03. The molecule has 1 aromatic carbocycles. The molecule has 3 N–H and O–H groups in total. The van der Waals surface area contributed by atoms with Crippen LogP contribution >= 0.6 is 0 Å². The van der Waals surface area contributed by atoms with Crippen LogP contribution in [0.4, 0.5) is 29.2 Å². The lowest BCUT2D eigenvalue weighted by Gasteiger charge is -2.10. The Labute approximate surface area is 146 Å². The van der Waals surface area contributed by atoms with E-state index >= 15 is 0 Å². The van der Waals surface area contributed by atoms with Crippen molar-refractivity contribution in [1.29, 1.82) is 0 Å². The third-order valence-corrected chi connectivity index (χ3v) is 3.46. The molecule has 0 atom stereocenters. The summed E-state index contributed by atoms with van der Waals surface area (Å²) in [5.74, 6) is 1.45. The molecule has 0 unspecified atom stereocenters. The fraction of sp³-hybridized carbons (Fsp3) is 0.438. The topological polar surface area (TPSA) is 124 Å². The second-order valence-electron chi connectivity index (χ2n) is 5.40. The highest BCUT2D eigenvalue weighted by atomic mass is 15.3. The predicted molar refractivity (Wildman–Crippen MR) is 101 cm³/mol. The van der Waals surface area contributed by atoms with Crippen LogP contribution in [0.2, 0.25) is 0 Å². The van der Waals surface area contributed by atoms with Gasteiger partial charge in [-0.25, -0.2) is 0 Å². The smallest absolute Gasteiger partial charge is 0.233 e. The summed E-state index contributed by atoms with van der Waals surface area (Å²) >= 11 is 0. The molecule has 2 aromatic rings. The third kappa shape index (κ3) is 6.15. The molecule has 9 nitrogen and oxygen atoms in total. The number of hydrogen-bond acceptors (Lipinski definition) is 7. The van der Waals surface area contributed by atoms with Crippen LogP contribution in [0.15, 0.2) is 29.4 Å². The Kier molecular flexibility index (Phi) is 7.27. The van der Waals surface area contributed by atoms with Gasteiger partial charge < -0.3 is 16.0 Å². The van der Waals surface area contributed by atoms with Gasteiger partial charge >= 0.3 is 0 Å². The minimum absolute atomic E-state index is 0.437. The summed E-state index contributed by atoms with van der Waals surface area (Å²) in [5, 5.41) is 12.8. The molecule has 0 amide bonds. The highest BCUT2D eigenvalue weighted by Crippen LogP contribution is 2.20. The van der Waals surface area contributed by atoms with Crippen LogP contribution in [0.5, 0.6) is 0 Å². The fourth-order valence-corrected chi connectivity index (χ4v) is 2.17. The number of anilines is 4. The number of benzene rings is 1. The number of nitrogens with zero attached hydrogens (tertiary/aromatic N) is 6. The van der Waals surface area contributed by atoms with Gasteiger partial charge in [-0.15, -0.1) is 0 Å². The maximum Gasteiger partial charge on any atom is 0.233 e. The number of nitrogens with one attached hydrogen (secondary N) is 3. The Hall–Kier alpha value is -3.06. The second-order valence-corrected chi connectivity index (χ2v) is 5.40. The van der Waals surface area contributed by atoms with Crippen LogP contribution in [0.25, 0.3) is 10.4 Å². The first-order valence-electron chi connectivity index (χ1n) is 8.35. The molecule has 0 bridgehead atoms. The van der Waals surface area contributed by atoms with Gasteiger partial charge in [-0.2, -0.15) is 15.0 Å². The molecule has 132 valence electrons. The number of hydrogen-bond donors (Lipinski definition) is 3. The van der Waals surface area contributed by atoms with Gasteiger partial charge in [0, 0.05) is 29.9 Å². The van der Waals surface area contributed by atoms with E-state index in [1.165, 1.54) is 19.3 Å². The van der Waals surface area contributed by atoms with Gasteiger partial charge in [0.1, 0.15) is 0 Å². The molecule has 0 aliphatic rings. The third-order valence-electron chi connectivity index (χ3n) is 3.46. The van der Waals surface area contributed by atoms with Crippen LogP contribution < -0.4 is 16.0 Å². The normalized spacial score (nSPS) is 10.0. The Morgan fingerprint density at radius 2 is 1.72 bits per heavy atom. The standard InChI is InChI=1S/C16H23N9/c1-3-4-5-6-11-19-15-21-14(18-2)22-16(23-15)20-12-7-9-13(10-8-12)24-25-17/h7-10H,3-6,11H2,1-2H3,(H3,18,19,20,21,22,23). The highest BCUT2D eigenvalue weighted by Gasteiger charge is 2.06. The number of rotatable bonds is 10. The van der Waals surface area contributed by atoms with E-state index in [0.717, 1.165) is 18.7 Å². The van der Waals surface area contributed by atoms with Gasteiger partial charge in [0.05, 0.1) is 0 Å². The van der Waals surface area contributed by atoms with Gasteiger partial charge in [-0.3, -0.25) is 0 Å².